The SMILES string of the molecule is COc1ccc(C)cc1C(N)c1ccc(Cl)c(Cl)c1. The number of methoxy groups -OCH3 is 1. The minimum absolute atomic E-state index is 0.301. The highest BCUT2D eigenvalue weighted by molar-refractivity contribution is 6.42. The van der Waals surface area contributed by atoms with Crippen molar-refractivity contribution in [3.05, 3.63) is 63.1 Å². The third kappa shape index (κ3) is 3.03. The van der Waals surface area contributed by atoms with Crippen LogP contribution in [-0.4, -0.2) is 7.11 Å². The summed E-state index contributed by atoms with van der Waals surface area (Å²) in [6.45, 7) is 2.02. The summed E-state index contributed by atoms with van der Waals surface area (Å²) in [6.07, 6.45) is 0. The normalized spacial score (nSPS) is 12.3. The lowest BCUT2D eigenvalue weighted by atomic mass is 9.97. The summed E-state index contributed by atoms with van der Waals surface area (Å²) in [5.74, 6) is 0.768. The molecule has 0 heterocycles. The van der Waals surface area contributed by atoms with E-state index in [0.29, 0.717) is 10.0 Å². The van der Waals surface area contributed by atoms with Gasteiger partial charge < -0.3 is 10.5 Å². The van der Waals surface area contributed by atoms with Crippen molar-refractivity contribution >= 4 is 23.2 Å². The topological polar surface area (TPSA) is 35.2 Å². The maximum atomic E-state index is 6.30. The lowest BCUT2D eigenvalue weighted by Gasteiger charge is -2.17. The van der Waals surface area contributed by atoms with E-state index >= 15 is 0 Å². The molecule has 0 aliphatic heterocycles. The Hall–Kier alpha value is -1.22. The van der Waals surface area contributed by atoms with Crippen LogP contribution in [0.5, 0.6) is 5.75 Å². The lowest BCUT2D eigenvalue weighted by molar-refractivity contribution is 0.407. The zero-order valence-electron chi connectivity index (χ0n) is 10.8. The van der Waals surface area contributed by atoms with Crippen LogP contribution >= 0.6 is 23.2 Å². The molecule has 0 amide bonds. The van der Waals surface area contributed by atoms with Crippen molar-refractivity contribution in [2.75, 3.05) is 7.11 Å². The van der Waals surface area contributed by atoms with Crippen LogP contribution in [0.3, 0.4) is 0 Å². The van der Waals surface area contributed by atoms with Crippen LogP contribution in [0.25, 0.3) is 0 Å². The van der Waals surface area contributed by atoms with Crippen LogP contribution in [0, 0.1) is 6.92 Å². The Bertz CT molecular complexity index is 599. The van der Waals surface area contributed by atoms with E-state index in [0.717, 1.165) is 22.4 Å². The fourth-order valence-corrected chi connectivity index (χ4v) is 2.29. The molecule has 2 aromatic rings. The Morgan fingerprint density at radius 2 is 1.79 bits per heavy atom. The molecule has 1 atom stereocenters. The predicted molar refractivity (Wildman–Crippen MR) is 80.2 cm³/mol. The Kier molecular flexibility index (Phi) is 4.35. The molecule has 2 rings (SSSR count). The summed E-state index contributed by atoms with van der Waals surface area (Å²) in [5.41, 5.74) is 9.26. The molecular weight excluding hydrogens is 281 g/mol. The van der Waals surface area contributed by atoms with Gasteiger partial charge in [-0.15, -0.1) is 0 Å². The van der Waals surface area contributed by atoms with Crippen LogP contribution < -0.4 is 10.5 Å². The maximum Gasteiger partial charge on any atom is 0.123 e. The molecule has 0 spiro atoms. The monoisotopic (exact) mass is 295 g/mol. The van der Waals surface area contributed by atoms with Crippen LogP contribution in [0.1, 0.15) is 22.7 Å². The first-order valence-corrected chi connectivity index (χ1v) is 6.63. The molecule has 0 bridgehead atoms. The zero-order chi connectivity index (χ0) is 14.0. The average molecular weight is 296 g/mol. The molecule has 0 aliphatic rings. The zero-order valence-corrected chi connectivity index (χ0v) is 12.3. The van der Waals surface area contributed by atoms with Gasteiger partial charge in [-0.3, -0.25) is 0 Å². The van der Waals surface area contributed by atoms with E-state index in [2.05, 4.69) is 0 Å². The van der Waals surface area contributed by atoms with Gasteiger partial charge in [-0.2, -0.15) is 0 Å². The van der Waals surface area contributed by atoms with E-state index in [1.807, 2.05) is 31.2 Å². The molecule has 0 aliphatic carbocycles. The van der Waals surface area contributed by atoms with Crippen molar-refractivity contribution in [2.45, 2.75) is 13.0 Å². The van der Waals surface area contributed by atoms with Gasteiger partial charge in [0.2, 0.25) is 0 Å². The summed E-state index contributed by atoms with van der Waals surface area (Å²) in [7, 11) is 1.63. The van der Waals surface area contributed by atoms with Gasteiger partial charge in [0.25, 0.3) is 0 Å². The number of ether oxygens (including phenoxy) is 1. The van der Waals surface area contributed by atoms with Crippen molar-refractivity contribution < 1.29 is 4.74 Å². The lowest BCUT2D eigenvalue weighted by Crippen LogP contribution is -2.13. The molecule has 0 radical (unpaired) electrons. The van der Waals surface area contributed by atoms with E-state index in [9.17, 15) is 0 Å². The Morgan fingerprint density at radius 1 is 1.05 bits per heavy atom. The largest absolute Gasteiger partial charge is 0.496 e. The number of benzene rings is 2. The van der Waals surface area contributed by atoms with Crippen molar-refractivity contribution in [3.63, 3.8) is 0 Å². The molecule has 2 N–H and O–H groups in total. The van der Waals surface area contributed by atoms with Gasteiger partial charge in [0, 0.05) is 5.56 Å². The first-order valence-electron chi connectivity index (χ1n) is 5.88. The summed E-state index contributed by atoms with van der Waals surface area (Å²) in [5, 5.41) is 1.02. The van der Waals surface area contributed by atoms with Gasteiger partial charge in [0.15, 0.2) is 0 Å². The van der Waals surface area contributed by atoms with E-state index in [-0.39, 0.29) is 6.04 Å². The van der Waals surface area contributed by atoms with Crippen molar-refractivity contribution in [1.82, 2.24) is 0 Å². The third-order valence-corrected chi connectivity index (χ3v) is 3.76. The summed E-state index contributed by atoms with van der Waals surface area (Å²) >= 11 is 11.9. The van der Waals surface area contributed by atoms with Crippen molar-refractivity contribution in [1.29, 1.82) is 0 Å². The molecule has 4 heteroatoms. The molecule has 2 aromatic carbocycles. The number of rotatable bonds is 3. The van der Waals surface area contributed by atoms with Gasteiger partial charge in [0.05, 0.1) is 23.2 Å². The van der Waals surface area contributed by atoms with Gasteiger partial charge in [-0.1, -0.05) is 47.0 Å². The molecular formula is C15H15Cl2NO. The van der Waals surface area contributed by atoms with Gasteiger partial charge in [-0.05, 0) is 30.7 Å². The predicted octanol–water partition coefficient (Wildman–Crippen LogP) is 4.36. The quantitative estimate of drug-likeness (QED) is 0.913. The minimum atomic E-state index is -0.301. The average Bonchev–Trinajstić information content (AvgIpc) is 2.41. The smallest absolute Gasteiger partial charge is 0.123 e. The van der Waals surface area contributed by atoms with E-state index < -0.39 is 0 Å². The van der Waals surface area contributed by atoms with E-state index in [1.54, 1.807) is 19.2 Å². The Morgan fingerprint density at radius 3 is 2.42 bits per heavy atom. The van der Waals surface area contributed by atoms with Crippen LogP contribution in [0.2, 0.25) is 10.0 Å². The molecule has 0 aromatic heterocycles. The van der Waals surface area contributed by atoms with Crippen LogP contribution in [0.4, 0.5) is 0 Å². The van der Waals surface area contributed by atoms with Gasteiger partial charge in [-0.25, -0.2) is 0 Å². The molecule has 100 valence electrons. The fraction of sp³-hybridized carbons (Fsp3) is 0.200. The van der Waals surface area contributed by atoms with E-state index in [4.69, 9.17) is 33.7 Å². The standard InChI is InChI=1S/C15H15Cl2NO/c1-9-3-6-14(19-2)11(7-9)15(18)10-4-5-12(16)13(17)8-10/h3-8,15H,18H2,1-2H3. The van der Waals surface area contributed by atoms with Crippen molar-refractivity contribution in [2.24, 2.45) is 5.73 Å². The van der Waals surface area contributed by atoms with E-state index in [1.165, 1.54) is 0 Å². The molecule has 1 unspecified atom stereocenters. The number of halogens is 2. The van der Waals surface area contributed by atoms with Gasteiger partial charge in [0.1, 0.15) is 5.75 Å². The van der Waals surface area contributed by atoms with Crippen LogP contribution in [-0.2, 0) is 0 Å². The first-order chi connectivity index (χ1) is 9.02. The molecule has 0 saturated carbocycles. The Balaban J connectivity index is 2.45. The number of nitrogens with two attached hydrogens (primary N) is 1. The number of aryl methyl sites for hydroxylation is 1. The minimum Gasteiger partial charge on any atom is -0.496 e. The second-order valence-electron chi connectivity index (χ2n) is 4.40. The second-order valence-corrected chi connectivity index (χ2v) is 5.21. The fourth-order valence-electron chi connectivity index (χ4n) is 1.98. The summed E-state index contributed by atoms with van der Waals surface area (Å²) in [6, 6.07) is 11.0. The second kappa shape index (κ2) is 5.83. The summed E-state index contributed by atoms with van der Waals surface area (Å²) < 4.78 is 5.36. The van der Waals surface area contributed by atoms with Crippen LogP contribution in [0.15, 0.2) is 36.4 Å². The molecule has 19 heavy (non-hydrogen) atoms. The third-order valence-electron chi connectivity index (χ3n) is 3.02. The molecule has 2 nitrogen and oxygen atoms in total. The number of hydrogen-bond donors (Lipinski definition) is 1. The Labute approximate surface area is 123 Å². The molecule has 0 fully saturated rings. The maximum absolute atomic E-state index is 6.30. The first kappa shape index (κ1) is 14.2. The van der Waals surface area contributed by atoms with Gasteiger partial charge >= 0.3 is 0 Å². The van der Waals surface area contributed by atoms with Crippen molar-refractivity contribution in [3.8, 4) is 5.75 Å². The highest BCUT2D eigenvalue weighted by Crippen LogP contribution is 2.32. The summed E-state index contributed by atoms with van der Waals surface area (Å²) in [4.78, 5) is 0. The number of hydrogen-bond acceptors (Lipinski definition) is 2. The highest BCUT2D eigenvalue weighted by atomic mass is 35.5. The highest BCUT2D eigenvalue weighted by Gasteiger charge is 2.15. The molecule has 0 saturated heterocycles.